The van der Waals surface area contributed by atoms with Gasteiger partial charge in [-0.3, -0.25) is 14.4 Å². The summed E-state index contributed by atoms with van der Waals surface area (Å²) in [5, 5.41) is 3.81. The van der Waals surface area contributed by atoms with Crippen molar-refractivity contribution in [1.29, 1.82) is 0 Å². The van der Waals surface area contributed by atoms with Crippen LogP contribution in [0.15, 0.2) is 11.1 Å². The van der Waals surface area contributed by atoms with Crippen LogP contribution in [0.2, 0.25) is 0 Å². The number of aryl methyl sites for hydroxylation is 3. The summed E-state index contributed by atoms with van der Waals surface area (Å²) in [7, 11) is 1.63. The van der Waals surface area contributed by atoms with Crippen LogP contribution >= 0.6 is 22.7 Å². The van der Waals surface area contributed by atoms with E-state index in [9.17, 15) is 14.4 Å². The van der Waals surface area contributed by atoms with E-state index in [1.54, 1.807) is 14.0 Å². The highest BCUT2D eigenvalue weighted by Gasteiger charge is 2.26. The van der Waals surface area contributed by atoms with Crippen LogP contribution in [0, 0.1) is 6.92 Å². The average Bonchev–Trinajstić information content (AvgIpc) is 3.16. The number of amides is 2. The van der Waals surface area contributed by atoms with E-state index in [4.69, 9.17) is 5.73 Å². The molecule has 0 aromatic carbocycles. The van der Waals surface area contributed by atoms with Gasteiger partial charge in [-0.15, -0.1) is 22.7 Å². The summed E-state index contributed by atoms with van der Waals surface area (Å²) >= 11 is 2.60. The molecule has 27 heavy (non-hydrogen) atoms. The number of fused-ring (bicyclic) bond motifs is 2. The number of anilines is 1. The lowest BCUT2D eigenvalue weighted by molar-refractivity contribution is 0.100. The summed E-state index contributed by atoms with van der Waals surface area (Å²) in [6, 6.07) is 0. The lowest BCUT2D eigenvalue weighted by atomic mass is 9.95. The Kier molecular flexibility index (Phi) is 4.35. The minimum absolute atomic E-state index is 0.183. The van der Waals surface area contributed by atoms with Crippen LogP contribution in [0.4, 0.5) is 5.00 Å². The molecule has 0 unspecified atom stereocenters. The first kappa shape index (κ1) is 17.9. The van der Waals surface area contributed by atoms with Gasteiger partial charge in [0.25, 0.3) is 17.4 Å². The lowest BCUT2D eigenvalue weighted by Gasteiger charge is -2.11. The third-order valence-corrected chi connectivity index (χ3v) is 7.27. The Morgan fingerprint density at radius 2 is 2.00 bits per heavy atom. The van der Waals surface area contributed by atoms with Crippen molar-refractivity contribution in [2.24, 2.45) is 12.8 Å². The second kappa shape index (κ2) is 6.58. The second-order valence-corrected chi connectivity index (χ2v) is 8.73. The van der Waals surface area contributed by atoms with E-state index >= 15 is 0 Å². The molecule has 1 aliphatic carbocycles. The molecular formula is C18H18N4O3S2. The molecule has 0 atom stereocenters. The Labute approximate surface area is 162 Å². The number of nitrogens with two attached hydrogens (primary N) is 1. The fourth-order valence-electron chi connectivity index (χ4n) is 3.50. The minimum atomic E-state index is -0.520. The van der Waals surface area contributed by atoms with Crippen molar-refractivity contribution < 1.29 is 9.59 Å². The van der Waals surface area contributed by atoms with E-state index in [1.807, 2.05) is 0 Å². The summed E-state index contributed by atoms with van der Waals surface area (Å²) < 4.78 is 1.39. The van der Waals surface area contributed by atoms with Gasteiger partial charge in [-0.05, 0) is 43.7 Å². The van der Waals surface area contributed by atoms with Crippen molar-refractivity contribution in [2.75, 3.05) is 5.32 Å². The zero-order chi connectivity index (χ0) is 19.3. The van der Waals surface area contributed by atoms with Crippen LogP contribution in [0.3, 0.4) is 0 Å². The third kappa shape index (κ3) is 2.87. The number of hydrogen-bond donors (Lipinski definition) is 2. The number of primary amides is 1. The highest BCUT2D eigenvalue weighted by Crippen LogP contribution is 2.38. The maximum atomic E-state index is 12.9. The van der Waals surface area contributed by atoms with Crippen molar-refractivity contribution in [3.05, 3.63) is 43.1 Å². The maximum Gasteiger partial charge on any atom is 0.266 e. The van der Waals surface area contributed by atoms with E-state index in [-0.39, 0.29) is 11.5 Å². The molecule has 3 aromatic heterocycles. The van der Waals surface area contributed by atoms with Crippen LogP contribution in [0.25, 0.3) is 10.2 Å². The molecule has 0 fully saturated rings. The second-order valence-electron chi connectivity index (χ2n) is 6.63. The number of nitrogens with zero attached hydrogens (tertiary/aromatic N) is 2. The van der Waals surface area contributed by atoms with E-state index in [0.717, 1.165) is 36.1 Å². The summed E-state index contributed by atoms with van der Waals surface area (Å²) in [4.78, 5) is 43.6. The molecule has 0 bridgehead atoms. The van der Waals surface area contributed by atoms with Gasteiger partial charge in [0, 0.05) is 11.9 Å². The number of carbonyl (C=O) groups is 2. The molecule has 0 saturated carbocycles. The largest absolute Gasteiger partial charge is 0.365 e. The maximum absolute atomic E-state index is 12.9. The van der Waals surface area contributed by atoms with E-state index in [0.29, 0.717) is 31.2 Å². The number of aromatic nitrogens is 2. The predicted octanol–water partition coefficient (Wildman–Crippen LogP) is 2.59. The first-order valence-corrected chi connectivity index (χ1v) is 10.2. The van der Waals surface area contributed by atoms with Crippen molar-refractivity contribution in [3.8, 4) is 0 Å². The number of thiophene rings is 2. The normalized spacial score (nSPS) is 13.6. The molecule has 3 heterocycles. The van der Waals surface area contributed by atoms with Crippen LogP contribution in [-0.2, 0) is 19.9 Å². The average molecular weight is 403 g/mol. The molecule has 2 amide bonds. The monoisotopic (exact) mass is 402 g/mol. The third-order valence-electron chi connectivity index (χ3n) is 4.86. The van der Waals surface area contributed by atoms with Gasteiger partial charge in [-0.25, -0.2) is 4.98 Å². The number of carbonyl (C=O) groups excluding carboxylic acids is 2. The highest BCUT2D eigenvalue weighted by molar-refractivity contribution is 7.21. The van der Waals surface area contributed by atoms with Gasteiger partial charge in [0.2, 0.25) is 0 Å². The molecule has 0 spiro atoms. The van der Waals surface area contributed by atoms with Crippen molar-refractivity contribution in [1.82, 2.24) is 9.55 Å². The van der Waals surface area contributed by atoms with Gasteiger partial charge >= 0.3 is 0 Å². The fraction of sp³-hybridized carbons (Fsp3) is 0.333. The van der Waals surface area contributed by atoms with Crippen molar-refractivity contribution in [2.45, 2.75) is 32.6 Å². The molecule has 0 aliphatic heterocycles. The first-order chi connectivity index (χ1) is 12.9. The molecule has 4 rings (SSSR count). The van der Waals surface area contributed by atoms with Crippen molar-refractivity contribution in [3.63, 3.8) is 0 Å². The van der Waals surface area contributed by atoms with Gasteiger partial charge in [0.1, 0.15) is 9.83 Å². The SMILES string of the molecule is Cc1c(C(=O)Nc2sc3c(c2C(N)=O)CCCC3)sc2ncn(C)c(=O)c12. The molecule has 3 aromatic rings. The molecule has 0 saturated heterocycles. The number of hydrogen-bond acceptors (Lipinski definition) is 6. The topological polar surface area (TPSA) is 107 Å². The minimum Gasteiger partial charge on any atom is -0.365 e. The van der Waals surface area contributed by atoms with Crippen molar-refractivity contribution >= 4 is 49.7 Å². The summed E-state index contributed by atoms with van der Waals surface area (Å²) in [5.74, 6) is -0.869. The van der Waals surface area contributed by atoms with Crippen LogP contribution in [-0.4, -0.2) is 21.4 Å². The Morgan fingerprint density at radius 1 is 1.26 bits per heavy atom. The van der Waals surface area contributed by atoms with E-state index < -0.39 is 5.91 Å². The van der Waals surface area contributed by atoms with E-state index in [1.165, 1.54) is 33.6 Å². The molecule has 9 heteroatoms. The Morgan fingerprint density at radius 3 is 2.74 bits per heavy atom. The standard InChI is InChI=1S/C18H18N4O3S2/c1-8-11-16(20-7-22(2)18(11)25)27-13(8)15(24)21-17-12(14(19)23)9-5-3-4-6-10(9)26-17/h7H,3-6H2,1-2H3,(H2,19,23)(H,21,24). The van der Waals surface area contributed by atoms with Crippen LogP contribution in [0.1, 0.15) is 48.9 Å². The molecular weight excluding hydrogens is 384 g/mol. The summed E-state index contributed by atoms with van der Waals surface area (Å²) in [6.45, 7) is 1.74. The highest BCUT2D eigenvalue weighted by atomic mass is 32.1. The Bertz CT molecular complexity index is 1160. The van der Waals surface area contributed by atoms with Gasteiger partial charge in [-0.1, -0.05) is 0 Å². The molecule has 0 radical (unpaired) electrons. The fourth-order valence-corrected chi connectivity index (χ4v) is 5.82. The van der Waals surface area contributed by atoms with Crippen LogP contribution in [0.5, 0.6) is 0 Å². The van der Waals surface area contributed by atoms with Gasteiger partial charge < -0.3 is 15.6 Å². The number of rotatable bonds is 3. The smallest absolute Gasteiger partial charge is 0.266 e. The van der Waals surface area contributed by atoms with Crippen LogP contribution < -0.4 is 16.6 Å². The number of nitrogens with one attached hydrogen (secondary N) is 1. The van der Waals surface area contributed by atoms with Gasteiger partial charge in [-0.2, -0.15) is 0 Å². The molecule has 140 valence electrons. The predicted molar refractivity (Wildman–Crippen MR) is 107 cm³/mol. The quantitative estimate of drug-likeness (QED) is 0.702. The first-order valence-electron chi connectivity index (χ1n) is 8.59. The summed E-state index contributed by atoms with van der Waals surface area (Å²) in [6.07, 6.45) is 5.24. The summed E-state index contributed by atoms with van der Waals surface area (Å²) in [5.41, 5.74) is 7.40. The van der Waals surface area contributed by atoms with E-state index in [2.05, 4.69) is 10.3 Å². The Hall–Kier alpha value is -2.52. The zero-order valence-electron chi connectivity index (χ0n) is 14.9. The van der Waals surface area contributed by atoms with Gasteiger partial charge in [0.15, 0.2) is 0 Å². The van der Waals surface area contributed by atoms with Gasteiger partial charge in [0.05, 0.1) is 22.2 Å². The zero-order valence-corrected chi connectivity index (χ0v) is 16.6. The molecule has 7 nitrogen and oxygen atoms in total. The Balaban J connectivity index is 1.76. The lowest BCUT2D eigenvalue weighted by Crippen LogP contribution is -2.19. The molecule has 1 aliphatic rings. The molecule has 3 N–H and O–H groups in total.